The van der Waals surface area contributed by atoms with E-state index in [1.54, 1.807) is 19.3 Å². The van der Waals surface area contributed by atoms with Gasteiger partial charge in [0.05, 0.1) is 17.9 Å². The second kappa shape index (κ2) is 6.29. The summed E-state index contributed by atoms with van der Waals surface area (Å²) in [5.74, 6) is 1.91. The minimum atomic E-state index is 0.0687. The highest BCUT2D eigenvalue weighted by atomic mass is 16.5. The molecule has 2 aromatic heterocycles. The molecule has 0 aromatic carbocycles. The Kier molecular flexibility index (Phi) is 4.11. The molecule has 1 saturated heterocycles. The summed E-state index contributed by atoms with van der Waals surface area (Å²) in [6.07, 6.45) is 5.96. The van der Waals surface area contributed by atoms with E-state index >= 15 is 0 Å². The maximum atomic E-state index is 12.6. The van der Waals surface area contributed by atoms with Gasteiger partial charge in [-0.05, 0) is 45.6 Å². The highest BCUT2D eigenvalue weighted by Gasteiger charge is 2.49. The van der Waals surface area contributed by atoms with Gasteiger partial charge in [-0.3, -0.25) is 4.79 Å². The van der Waals surface area contributed by atoms with Gasteiger partial charge in [0, 0.05) is 18.5 Å². The van der Waals surface area contributed by atoms with Crippen LogP contribution in [0.4, 0.5) is 0 Å². The zero-order valence-corrected chi connectivity index (χ0v) is 14.7. The van der Waals surface area contributed by atoms with Crippen LogP contribution in [0.1, 0.15) is 53.5 Å². The Labute approximate surface area is 146 Å². The monoisotopic (exact) mass is 345 g/mol. The summed E-state index contributed by atoms with van der Waals surface area (Å²) in [4.78, 5) is 18.7. The molecule has 2 aromatic rings. The summed E-state index contributed by atoms with van der Waals surface area (Å²) in [5.41, 5.74) is 0.862. The molecule has 1 aliphatic carbocycles. The van der Waals surface area contributed by atoms with Crippen molar-refractivity contribution >= 4 is 5.91 Å². The minimum Gasteiger partial charge on any atom is -0.469 e. The highest BCUT2D eigenvalue weighted by Crippen LogP contribution is 2.51. The lowest BCUT2D eigenvalue weighted by atomic mass is 9.60. The van der Waals surface area contributed by atoms with Gasteiger partial charge < -0.3 is 18.6 Å². The van der Waals surface area contributed by atoms with E-state index in [1.807, 2.05) is 11.8 Å². The largest absolute Gasteiger partial charge is 0.469 e. The van der Waals surface area contributed by atoms with E-state index in [0.29, 0.717) is 29.6 Å². The molecule has 1 aliphatic heterocycles. The standard InChI is InChI=1S/C18H23N3O4/c1-12-14(4-10-23-12)17(22)21-8-6-18(7-9-21)5-3-15(18)24-11-16-19-13(2)20-25-16/h4,10,15H,3,5-9,11H2,1-2H3. The number of amides is 1. The smallest absolute Gasteiger partial charge is 0.257 e. The SMILES string of the molecule is Cc1noc(COC2CCC23CCN(C(=O)c2ccoc2C)CC3)n1. The summed E-state index contributed by atoms with van der Waals surface area (Å²) in [6, 6.07) is 1.75. The number of carbonyl (C=O) groups excluding carboxylic acids is 1. The van der Waals surface area contributed by atoms with Crippen molar-refractivity contribution in [1.82, 2.24) is 15.0 Å². The third-order valence-corrected chi connectivity index (χ3v) is 5.70. The number of aromatic nitrogens is 2. The Balaban J connectivity index is 1.33. The van der Waals surface area contributed by atoms with E-state index < -0.39 is 0 Å². The van der Waals surface area contributed by atoms with Crippen molar-refractivity contribution < 1.29 is 18.5 Å². The normalized spacial score (nSPS) is 22.2. The molecule has 4 rings (SSSR count). The molecular weight excluding hydrogens is 322 g/mol. The number of hydrogen-bond donors (Lipinski definition) is 0. The summed E-state index contributed by atoms with van der Waals surface area (Å²) in [5, 5.41) is 3.79. The molecule has 2 fully saturated rings. The maximum absolute atomic E-state index is 12.6. The average Bonchev–Trinajstić information content (AvgIpc) is 3.22. The van der Waals surface area contributed by atoms with Crippen LogP contribution in [0.3, 0.4) is 0 Å². The quantitative estimate of drug-likeness (QED) is 0.847. The molecule has 134 valence electrons. The number of aryl methyl sites for hydroxylation is 2. The Morgan fingerprint density at radius 1 is 1.36 bits per heavy atom. The van der Waals surface area contributed by atoms with Crippen LogP contribution in [-0.4, -0.2) is 40.1 Å². The third kappa shape index (κ3) is 2.97. The van der Waals surface area contributed by atoms with Crippen LogP contribution in [-0.2, 0) is 11.3 Å². The highest BCUT2D eigenvalue weighted by molar-refractivity contribution is 5.95. The van der Waals surface area contributed by atoms with Gasteiger partial charge in [0.2, 0.25) is 0 Å². The summed E-state index contributed by atoms with van der Waals surface area (Å²) in [7, 11) is 0. The first-order chi connectivity index (χ1) is 12.1. The topological polar surface area (TPSA) is 81.6 Å². The molecule has 3 heterocycles. The molecule has 0 bridgehead atoms. The Morgan fingerprint density at radius 3 is 2.72 bits per heavy atom. The van der Waals surface area contributed by atoms with Crippen molar-refractivity contribution in [2.75, 3.05) is 13.1 Å². The first-order valence-corrected chi connectivity index (χ1v) is 8.82. The molecule has 1 atom stereocenters. The molecule has 2 aliphatic rings. The lowest BCUT2D eigenvalue weighted by Crippen LogP contribution is -2.54. The maximum Gasteiger partial charge on any atom is 0.257 e. The van der Waals surface area contributed by atoms with Crippen LogP contribution in [0.15, 0.2) is 21.3 Å². The predicted octanol–water partition coefficient (Wildman–Crippen LogP) is 2.88. The van der Waals surface area contributed by atoms with Gasteiger partial charge >= 0.3 is 0 Å². The second-order valence-corrected chi connectivity index (χ2v) is 7.12. The van der Waals surface area contributed by atoms with Gasteiger partial charge in [0.25, 0.3) is 11.8 Å². The van der Waals surface area contributed by atoms with Gasteiger partial charge in [0.15, 0.2) is 5.82 Å². The Bertz CT molecular complexity index is 758. The number of furan rings is 1. The van der Waals surface area contributed by atoms with Crippen LogP contribution in [0, 0.1) is 19.3 Å². The van der Waals surface area contributed by atoms with E-state index in [1.165, 1.54) is 0 Å². The van der Waals surface area contributed by atoms with E-state index in [9.17, 15) is 4.79 Å². The van der Waals surface area contributed by atoms with Gasteiger partial charge in [-0.1, -0.05) is 5.16 Å². The number of carbonyl (C=O) groups is 1. The number of ether oxygens (including phenoxy) is 1. The summed E-state index contributed by atoms with van der Waals surface area (Å²) >= 11 is 0. The lowest BCUT2D eigenvalue weighted by Gasteiger charge is -2.53. The van der Waals surface area contributed by atoms with Crippen molar-refractivity contribution in [1.29, 1.82) is 0 Å². The van der Waals surface area contributed by atoms with E-state index in [0.717, 1.165) is 38.8 Å². The van der Waals surface area contributed by atoms with Crippen LogP contribution < -0.4 is 0 Å². The fraction of sp³-hybridized carbons (Fsp3) is 0.611. The molecule has 0 N–H and O–H groups in total. The molecule has 1 saturated carbocycles. The molecule has 1 spiro atoms. The molecule has 0 radical (unpaired) electrons. The van der Waals surface area contributed by atoms with Gasteiger partial charge in [-0.15, -0.1) is 0 Å². The van der Waals surface area contributed by atoms with Gasteiger partial charge in [0.1, 0.15) is 12.4 Å². The van der Waals surface area contributed by atoms with Crippen LogP contribution in [0.25, 0.3) is 0 Å². The van der Waals surface area contributed by atoms with Crippen molar-refractivity contribution in [3.63, 3.8) is 0 Å². The number of piperidine rings is 1. The summed E-state index contributed by atoms with van der Waals surface area (Å²) in [6.45, 7) is 5.52. The van der Waals surface area contributed by atoms with E-state index in [-0.39, 0.29) is 17.4 Å². The minimum absolute atomic E-state index is 0.0687. The van der Waals surface area contributed by atoms with Crippen molar-refractivity contribution in [3.05, 3.63) is 35.4 Å². The van der Waals surface area contributed by atoms with E-state index in [2.05, 4.69) is 10.1 Å². The van der Waals surface area contributed by atoms with Crippen molar-refractivity contribution in [2.24, 2.45) is 5.41 Å². The molecular formula is C18H23N3O4. The Morgan fingerprint density at radius 2 is 2.16 bits per heavy atom. The lowest BCUT2D eigenvalue weighted by molar-refractivity contribution is -0.143. The van der Waals surface area contributed by atoms with Crippen LogP contribution >= 0.6 is 0 Å². The van der Waals surface area contributed by atoms with Crippen molar-refractivity contribution in [2.45, 2.75) is 52.2 Å². The predicted molar refractivity (Wildman–Crippen MR) is 87.9 cm³/mol. The van der Waals surface area contributed by atoms with Crippen molar-refractivity contribution in [3.8, 4) is 0 Å². The molecule has 1 amide bonds. The van der Waals surface area contributed by atoms with Gasteiger partial charge in [-0.25, -0.2) is 0 Å². The fourth-order valence-electron chi connectivity index (χ4n) is 4.01. The average molecular weight is 345 g/mol. The first kappa shape index (κ1) is 16.3. The number of rotatable bonds is 4. The molecule has 7 nitrogen and oxygen atoms in total. The number of hydrogen-bond acceptors (Lipinski definition) is 6. The zero-order valence-electron chi connectivity index (χ0n) is 14.7. The molecule has 25 heavy (non-hydrogen) atoms. The first-order valence-electron chi connectivity index (χ1n) is 8.82. The number of nitrogens with zero attached hydrogens (tertiary/aromatic N) is 3. The third-order valence-electron chi connectivity index (χ3n) is 5.70. The number of likely N-dealkylation sites (tertiary alicyclic amines) is 1. The fourth-order valence-corrected chi connectivity index (χ4v) is 4.01. The Hall–Kier alpha value is -2.15. The van der Waals surface area contributed by atoms with Gasteiger partial charge in [-0.2, -0.15) is 4.98 Å². The molecule has 1 unspecified atom stereocenters. The molecule has 7 heteroatoms. The van der Waals surface area contributed by atoms with Crippen LogP contribution in [0.5, 0.6) is 0 Å². The second-order valence-electron chi connectivity index (χ2n) is 7.12. The summed E-state index contributed by atoms with van der Waals surface area (Å²) < 4.78 is 16.4. The van der Waals surface area contributed by atoms with Crippen LogP contribution in [0.2, 0.25) is 0 Å². The zero-order chi connectivity index (χ0) is 17.4. The van der Waals surface area contributed by atoms with E-state index in [4.69, 9.17) is 13.7 Å².